The maximum absolute atomic E-state index is 10.7. The Balaban J connectivity index is 3.35. The summed E-state index contributed by atoms with van der Waals surface area (Å²) in [6.45, 7) is 7.20. The minimum Gasteiger partial charge on any atom is -0.462 e. The molecule has 0 aromatic rings. The van der Waals surface area contributed by atoms with Crippen molar-refractivity contribution >= 4 is 12.2 Å². The number of hydrazone groups is 1. The Labute approximate surface area is 79.3 Å². The van der Waals surface area contributed by atoms with Gasteiger partial charge in [0.1, 0.15) is 6.21 Å². The van der Waals surface area contributed by atoms with Gasteiger partial charge in [-0.3, -0.25) is 0 Å². The molecule has 0 heterocycles. The van der Waals surface area contributed by atoms with E-state index in [9.17, 15) is 4.79 Å². The van der Waals surface area contributed by atoms with Gasteiger partial charge in [0.15, 0.2) is 0 Å². The van der Waals surface area contributed by atoms with Crippen LogP contribution in [0.15, 0.2) is 5.10 Å². The fourth-order valence-electron chi connectivity index (χ4n) is 0.696. The standard InChI is InChI=1S/C9H18N2O2/c1-4-13-9(12)7-11-10-6-5-8(2)3/h7-8,10H,4-6H2,1-3H3/b11-7-. The topological polar surface area (TPSA) is 50.7 Å². The normalized spacial score (nSPS) is 10.8. The molecule has 0 radical (unpaired) electrons. The lowest BCUT2D eigenvalue weighted by molar-refractivity contribution is -0.134. The molecule has 76 valence electrons. The van der Waals surface area contributed by atoms with Crippen molar-refractivity contribution in [2.24, 2.45) is 11.0 Å². The molecular formula is C9H18N2O2. The molecule has 0 atom stereocenters. The van der Waals surface area contributed by atoms with Gasteiger partial charge in [-0.15, -0.1) is 0 Å². The summed E-state index contributed by atoms with van der Waals surface area (Å²) in [7, 11) is 0. The molecule has 0 saturated carbocycles. The summed E-state index contributed by atoms with van der Waals surface area (Å²) in [4.78, 5) is 10.7. The number of nitrogens with zero attached hydrogens (tertiary/aromatic N) is 1. The zero-order valence-electron chi connectivity index (χ0n) is 8.54. The number of hydrogen-bond acceptors (Lipinski definition) is 4. The van der Waals surface area contributed by atoms with Gasteiger partial charge >= 0.3 is 5.97 Å². The highest BCUT2D eigenvalue weighted by Crippen LogP contribution is 1.95. The Morgan fingerprint density at radius 1 is 1.62 bits per heavy atom. The minimum absolute atomic E-state index is 0.386. The van der Waals surface area contributed by atoms with Crippen LogP contribution in [-0.4, -0.2) is 25.3 Å². The van der Waals surface area contributed by atoms with Crippen LogP contribution in [0.1, 0.15) is 27.2 Å². The van der Waals surface area contributed by atoms with Crippen molar-refractivity contribution in [3.05, 3.63) is 0 Å². The van der Waals surface area contributed by atoms with Crippen LogP contribution in [0.4, 0.5) is 0 Å². The molecule has 0 aliphatic heterocycles. The van der Waals surface area contributed by atoms with Crippen LogP contribution in [0.3, 0.4) is 0 Å². The van der Waals surface area contributed by atoms with Gasteiger partial charge in [-0.05, 0) is 19.3 Å². The molecule has 0 spiro atoms. The summed E-state index contributed by atoms with van der Waals surface area (Å²) in [5, 5.41) is 3.71. The molecule has 0 saturated heterocycles. The number of nitrogens with one attached hydrogen (secondary N) is 1. The van der Waals surface area contributed by atoms with Gasteiger partial charge in [-0.2, -0.15) is 5.10 Å². The molecule has 0 bridgehead atoms. The van der Waals surface area contributed by atoms with E-state index in [1.807, 2.05) is 0 Å². The number of ether oxygens (including phenoxy) is 1. The molecule has 4 heteroatoms. The smallest absolute Gasteiger partial charge is 0.351 e. The number of esters is 1. The Morgan fingerprint density at radius 3 is 2.85 bits per heavy atom. The molecule has 0 aromatic carbocycles. The van der Waals surface area contributed by atoms with E-state index in [4.69, 9.17) is 0 Å². The molecule has 0 aliphatic carbocycles. The highest BCUT2D eigenvalue weighted by molar-refractivity contribution is 6.23. The van der Waals surface area contributed by atoms with E-state index >= 15 is 0 Å². The monoisotopic (exact) mass is 186 g/mol. The predicted octanol–water partition coefficient (Wildman–Crippen LogP) is 1.17. The lowest BCUT2D eigenvalue weighted by Gasteiger charge is -2.02. The third kappa shape index (κ3) is 8.85. The number of carbonyl (C=O) groups is 1. The summed E-state index contributed by atoms with van der Waals surface area (Å²) in [5.74, 6) is 0.241. The van der Waals surface area contributed by atoms with Crippen LogP contribution in [0.25, 0.3) is 0 Å². The van der Waals surface area contributed by atoms with E-state index in [1.54, 1.807) is 6.92 Å². The molecule has 0 aliphatic rings. The van der Waals surface area contributed by atoms with E-state index in [-0.39, 0.29) is 0 Å². The molecule has 4 nitrogen and oxygen atoms in total. The first-order valence-corrected chi connectivity index (χ1v) is 4.59. The Kier molecular flexibility index (Phi) is 6.96. The van der Waals surface area contributed by atoms with Gasteiger partial charge in [0.2, 0.25) is 0 Å². The van der Waals surface area contributed by atoms with Gasteiger partial charge in [0, 0.05) is 6.54 Å². The van der Waals surface area contributed by atoms with Crippen molar-refractivity contribution in [2.45, 2.75) is 27.2 Å². The summed E-state index contributed by atoms with van der Waals surface area (Å²) in [5.41, 5.74) is 2.77. The first-order valence-electron chi connectivity index (χ1n) is 4.59. The van der Waals surface area contributed by atoms with Crippen LogP contribution < -0.4 is 5.43 Å². The zero-order valence-corrected chi connectivity index (χ0v) is 8.54. The Hall–Kier alpha value is -1.06. The third-order valence-electron chi connectivity index (χ3n) is 1.38. The summed E-state index contributed by atoms with van der Waals surface area (Å²) >= 11 is 0. The number of hydrogen-bond donors (Lipinski definition) is 1. The van der Waals surface area contributed by atoms with Crippen molar-refractivity contribution < 1.29 is 9.53 Å². The fourth-order valence-corrected chi connectivity index (χ4v) is 0.696. The zero-order chi connectivity index (χ0) is 10.1. The van der Waals surface area contributed by atoms with E-state index in [0.717, 1.165) is 19.2 Å². The molecule has 1 N–H and O–H groups in total. The first-order chi connectivity index (χ1) is 6.16. The van der Waals surface area contributed by atoms with Gasteiger partial charge in [0.05, 0.1) is 6.61 Å². The van der Waals surface area contributed by atoms with Crippen LogP contribution >= 0.6 is 0 Å². The highest BCUT2D eigenvalue weighted by atomic mass is 16.5. The van der Waals surface area contributed by atoms with E-state index in [2.05, 4.69) is 29.1 Å². The molecular weight excluding hydrogens is 168 g/mol. The van der Waals surface area contributed by atoms with Crippen LogP contribution in [0, 0.1) is 5.92 Å². The summed E-state index contributed by atoms with van der Waals surface area (Å²) < 4.78 is 4.64. The molecule has 0 rings (SSSR count). The summed E-state index contributed by atoms with van der Waals surface area (Å²) in [6.07, 6.45) is 2.20. The molecule has 13 heavy (non-hydrogen) atoms. The van der Waals surface area contributed by atoms with Crippen molar-refractivity contribution in [2.75, 3.05) is 13.2 Å². The van der Waals surface area contributed by atoms with E-state index in [0.29, 0.717) is 12.5 Å². The quantitative estimate of drug-likeness (QED) is 0.293. The molecule has 0 fully saturated rings. The third-order valence-corrected chi connectivity index (χ3v) is 1.38. The van der Waals surface area contributed by atoms with E-state index in [1.165, 1.54) is 0 Å². The van der Waals surface area contributed by atoms with Crippen molar-refractivity contribution in [1.29, 1.82) is 0 Å². The maximum Gasteiger partial charge on any atom is 0.351 e. The largest absolute Gasteiger partial charge is 0.462 e. The van der Waals surface area contributed by atoms with Gasteiger partial charge in [-0.1, -0.05) is 13.8 Å². The van der Waals surface area contributed by atoms with Gasteiger partial charge in [-0.25, -0.2) is 4.79 Å². The second-order valence-electron chi connectivity index (χ2n) is 3.10. The van der Waals surface area contributed by atoms with Crippen molar-refractivity contribution in [3.8, 4) is 0 Å². The van der Waals surface area contributed by atoms with Crippen LogP contribution in [0.2, 0.25) is 0 Å². The average molecular weight is 186 g/mol. The summed E-state index contributed by atoms with van der Waals surface area (Å²) in [6, 6.07) is 0. The lowest BCUT2D eigenvalue weighted by Crippen LogP contribution is -2.13. The number of rotatable bonds is 6. The minimum atomic E-state index is -0.403. The van der Waals surface area contributed by atoms with Crippen LogP contribution in [-0.2, 0) is 9.53 Å². The Morgan fingerprint density at radius 2 is 2.31 bits per heavy atom. The average Bonchev–Trinajstić information content (AvgIpc) is 2.03. The highest BCUT2D eigenvalue weighted by Gasteiger charge is 1.94. The van der Waals surface area contributed by atoms with Crippen molar-refractivity contribution in [1.82, 2.24) is 5.43 Å². The Bertz CT molecular complexity index is 167. The fraction of sp³-hybridized carbons (Fsp3) is 0.778. The van der Waals surface area contributed by atoms with Gasteiger partial charge in [0.25, 0.3) is 0 Å². The lowest BCUT2D eigenvalue weighted by atomic mass is 10.1. The maximum atomic E-state index is 10.7. The molecule has 0 amide bonds. The number of carbonyl (C=O) groups excluding carboxylic acids is 1. The SMILES string of the molecule is CCOC(=O)/C=N\NCCC(C)C. The molecule has 0 aromatic heterocycles. The first kappa shape index (κ1) is 11.9. The predicted molar refractivity (Wildman–Crippen MR) is 52.6 cm³/mol. The van der Waals surface area contributed by atoms with Crippen LogP contribution in [0.5, 0.6) is 0 Å². The second kappa shape index (κ2) is 7.58. The van der Waals surface area contributed by atoms with Crippen molar-refractivity contribution in [3.63, 3.8) is 0 Å². The van der Waals surface area contributed by atoms with Gasteiger partial charge < -0.3 is 10.2 Å². The van der Waals surface area contributed by atoms with E-state index < -0.39 is 5.97 Å². The molecule has 0 unspecified atom stereocenters. The second-order valence-corrected chi connectivity index (χ2v) is 3.10.